The fourth-order valence-corrected chi connectivity index (χ4v) is 1.31. The molecule has 12 heavy (non-hydrogen) atoms. The van der Waals surface area contributed by atoms with Gasteiger partial charge in [-0.25, -0.2) is 0 Å². The van der Waals surface area contributed by atoms with E-state index in [1.54, 1.807) is 0 Å². The summed E-state index contributed by atoms with van der Waals surface area (Å²) in [6.07, 6.45) is 1.07. The summed E-state index contributed by atoms with van der Waals surface area (Å²) < 4.78 is 0. The van der Waals surface area contributed by atoms with Crippen molar-refractivity contribution in [3.05, 3.63) is 35.4 Å². The highest BCUT2D eigenvalue weighted by atomic mass is 14.5. The van der Waals surface area contributed by atoms with Crippen molar-refractivity contribution in [2.75, 3.05) is 6.54 Å². The summed E-state index contributed by atoms with van der Waals surface area (Å²) in [5.74, 6) is 0.593. The topological polar surface area (TPSA) is 26.0 Å². The molecule has 0 unspecified atom stereocenters. The van der Waals surface area contributed by atoms with Crippen LogP contribution in [0.4, 0.5) is 0 Å². The zero-order valence-corrected chi connectivity index (χ0v) is 7.88. The van der Waals surface area contributed by atoms with Crippen LogP contribution < -0.4 is 5.73 Å². The summed E-state index contributed by atoms with van der Waals surface area (Å²) in [5, 5.41) is 0. The van der Waals surface area contributed by atoms with Crippen LogP contribution in [0.5, 0.6) is 0 Å². The van der Waals surface area contributed by atoms with E-state index in [4.69, 9.17) is 5.73 Å². The zero-order chi connectivity index (χ0) is 8.97. The van der Waals surface area contributed by atoms with Crippen LogP contribution >= 0.6 is 0 Å². The van der Waals surface area contributed by atoms with Crippen LogP contribution in [0.25, 0.3) is 0 Å². The Kier molecular flexibility index (Phi) is 3.30. The van der Waals surface area contributed by atoms with E-state index in [0.717, 1.165) is 13.0 Å². The van der Waals surface area contributed by atoms with Gasteiger partial charge in [-0.05, 0) is 31.4 Å². The van der Waals surface area contributed by atoms with Crippen LogP contribution in [-0.2, 0) is 0 Å². The smallest absolute Gasteiger partial charge is 0.00715 e. The Labute approximate surface area is 74.6 Å². The average Bonchev–Trinajstić information content (AvgIpc) is 2.06. The first-order valence-corrected chi connectivity index (χ1v) is 4.50. The van der Waals surface area contributed by atoms with Crippen molar-refractivity contribution in [3.63, 3.8) is 0 Å². The molecule has 1 aromatic rings. The van der Waals surface area contributed by atoms with E-state index in [1.165, 1.54) is 11.1 Å². The normalized spacial score (nSPS) is 12.9. The second kappa shape index (κ2) is 4.27. The number of rotatable bonds is 3. The van der Waals surface area contributed by atoms with E-state index in [2.05, 4.69) is 38.1 Å². The molecular formula is C11H17N. The third-order valence-corrected chi connectivity index (χ3v) is 2.25. The van der Waals surface area contributed by atoms with Crippen LogP contribution in [-0.4, -0.2) is 6.54 Å². The van der Waals surface area contributed by atoms with Crippen molar-refractivity contribution in [3.8, 4) is 0 Å². The molecule has 0 fully saturated rings. The van der Waals surface area contributed by atoms with Gasteiger partial charge in [0.25, 0.3) is 0 Å². The van der Waals surface area contributed by atoms with Gasteiger partial charge in [-0.1, -0.05) is 36.8 Å². The minimum Gasteiger partial charge on any atom is -0.330 e. The minimum absolute atomic E-state index is 0.593. The van der Waals surface area contributed by atoms with Crippen molar-refractivity contribution in [1.82, 2.24) is 0 Å². The molecule has 1 rings (SSSR count). The molecule has 0 bridgehead atoms. The van der Waals surface area contributed by atoms with E-state index >= 15 is 0 Å². The molecule has 1 atom stereocenters. The van der Waals surface area contributed by atoms with Gasteiger partial charge >= 0.3 is 0 Å². The van der Waals surface area contributed by atoms with Crippen molar-refractivity contribution in [2.45, 2.75) is 26.2 Å². The van der Waals surface area contributed by atoms with Crippen LogP contribution in [0.3, 0.4) is 0 Å². The van der Waals surface area contributed by atoms with Crippen molar-refractivity contribution in [2.24, 2.45) is 5.73 Å². The van der Waals surface area contributed by atoms with Gasteiger partial charge < -0.3 is 5.73 Å². The Bertz CT molecular complexity index is 225. The van der Waals surface area contributed by atoms with E-state index in [1.807, 2.05) is 0 Å². The van der Waals surface area contributed by atoms with Crippen LogP contribution in [0.1, 0.15) is 30.4 Å². The van der Waals surface area contributed by atoms with Gasteiger partial charge in [-0.15, -0.1) is 0 Å². The Morgan fingerprint density at radius 2 is 1.83 bits per heavy atom. The maximum Gasteiger partial charge on any atom is -0.00715 e. The molecule has 0 saturated carbocycles. The molecule has 0 aliphatic rings. The molecule has 0 saturated heterocycles. The maximum atomic E-state index is 5.50. The van der Waals surface area contributed by atoms with E-state index in [9.17, 15) is 0 Å². The fourth-order valence-electron chi connectivity index (χ4n) is 1.31. The number of nitrogens with two attached hydrogens (primary N) is 1. The molecule has 0 heterocycles. The van der Waals surface area contributed by atoms with Gasteiger partial charge in [0.05, 0.1) is 0 Å². The summed E-state index contributed by atoms with van der Waals surface area (Å²) in [5.41, 5.74) is 8.21. The highest BCUT2D eigenvalue weighted by Crippen LogP contribution is 2.18. The monoisotopic (exact) mass is 163 g/mol. The van der Waals surface area contributed by atoms with Gasteiger partial charge in [-0.2, -0.15) is 0 Å². The molecular weight excluding hydrogens is 146 g/mol. The second-order valence-electron chi connectivity index (χ2n) is 3.39. The molecule has 0 spiro atoms. The summed E-state index contributed by atoms with van der Waals surface area (Å²) in [7, 11) is 0. The van der Waals surface area contributed by atoms with Crippen LogP contribution in [0.15, 0.2) is 24.3 Å². The van der Waals surface area contributed by atoms with Gasteiger partial charge in [0.1, 0.15) is 0 Å². The summed E-state index contributed by atoms with van der Waals surface area (Å²) in [4.78, 5) is 0. The molecule has 2 N–H and O–H groups in total. The number of aryl methyl sites for hydroxylation is 1. The first-order chi connectivity index (χ1) is 5.74. The second-order valence-corrected chi connectivity index (χ2v) is 3.39. The third-order valence-electron chi connectivity index (χ3n) is 2.25. The zero-order valence-electron chi connectivity index (χ0n) is 7.88. The van der Waals surface area contributed by atoms with Gasteiger partial charge in [0.2, 0.25) is 0 Å². The number of benzene rings is 1. The molecule has 0 aliphatic carbocycles. The lowest BCUT2D eigenvalue weighted by Crippen LogP contribution is -2.04. The highest BCUT2D eigenvalue weighted by molar-refractivity contribution is 5.23. The average molecular weight is 163 g/mol. The first-order valence-electron chi connectivity index (χ1n) is 4.50. The van der Waals surface area contributed by atoms with Crippen molar-refractivity contribution >= 4 is 0 Å². The Balaban J connectivity index is 2.68. The Morgan fingerprint density at radius 1 is 1.25 bits per heavy atom. The quantitative estimate of drug-likeness (QED) is 0.727. The standard InChI is InChI=1S/C11H17N/c1-9-3-5-11(6-4-9)10(2)7-8-12/h3-6,10H,7-8,12H2,1-2H3/t10-/m1/s1. The summed E-state index contributed by atoms with van der Waals surface area (Å²) in [6, 6.07) is 8.69. The summed E-state index contributed by atoms with van der Waals surface area (Å²) >= 11 is 0. The Morgan fingerprint density at radius 3 is 2.33 bits per heavy atom. The fraction of sp³-hybridized carbons (Fsp3) is 0.455. The van der Waals surface area contributed by atoms with E-state index < -0.39 is 0 Å². The molecule has 1 nitrogen and oxygen atoms in total. The minimum atomic E-state index is 0.593. The molecule has 0 radical (unpaired) electrons. The lowest BCUT2D eigenvalue weighted by atomic mass is 9.97. The largest absolute Gasteiger partial charge is 0.330 e. The predicted octanol–water partition coefficient (Wildman–Crippen LogP) is 2.45. The third kappa shape index (κ3) is 2.35. The molecule has 1 aromatic carbocycles. The summed E-state index contributed by atoms with van der Waals surface area (Å²) in [6.45, 7) is 5.10. The van der Waals surface area contributed by atoms with E-state index in [0.29, 0.717) is 5.92 Å². The molecule has 0 aromatic heterocycles. The van der Waals surface area contributed by atoms with Crippen molar-refractivity contribution in [1.29, 1.82) is 0 Å². The molecule has 0 amide bonds. The molecule has 0 aliphatic heterocycles. The van der Waals surface area contributed by atoms with Gasteiger partial charge in [-0.3, -0.25) is 0 Å². The van der Waals surface area contributed by atoms with Gasteiger partial charge in [0.15, 0.2) is 0 Å². The molecule has 1 heteroatoms. The maximum absolute atomic E-state index is 5.50. The van der Waals surface area contributed by atoms with Gasteiger partial charge in [0, 0.05) is 0 Å². The highest BCUT2D eigenvalue weighted by Gasteiger charge is 2.02. The first kappa shape index (κ1) is 9.27. The lowest BCUT2D eigenvalue weighted by Gasteiger charge is -2.09. The molecule has 66 valence electrons. The van der Waals surface area contributed by atoms with Crippen LogP contribution in [0, 0.1) is 6.92 Å². The van der Waals surface area contributed by atoms with E-state index in [-0.39, 0.29) is 0 Å². The lowest BCUT2D eigenvalue weighted by molar-refractivity contribution is 0.690. The predicted molar refractivity (Wildman–Crippen MR) is 53.3 cm³/mol. The van der Waals surface area contributed by atoms with Crippen molar-refractivity contribution < 1.29 is 0 Å². The number of hydrogen-bond acceptors (Lipinski definition) is 1. The number of hydrogen-bond donors (Lipinski definition) is 1. The van der Waals surface area contributed by atoms with Crippen LogP contribution in [0.2, 0.25) is 0 Å². The Hall–Kier alpha value is -0.820. The SMILES string of the molecule is Cc1ccc([C@H](C)CCN)cc1.